The molecule has 30 heavy (non-hydrogen) atoms. The summed E-state index contributed by atoms with van der Waals surface area (Å²) in [7, 11) is 0. The predicted octanol–water partition coefficient (Wildman–Crippen LogP) is 9.79. The van der Waals surface area contributed by atoms with E-state index in [1.54, 1.807) is 0 Å². The third-order valence-corrected chi connectivity index (χ3v) is 6.17. The Hall–Kier alpha value is -0.530. The summed E-state index contributed by atoms with van der Waals surface area (Å²) < 4.78 is 5.39. The molecule has 0 aromatic rings. The fourth-order valence-corrected chi connectivity index (χ4v) is 4.08. The number of esters is 1. The van der Waals surface area contributed by atoms with Gasteiger partial charge < -0.3 is 4.74 Å². The summed E-state index contributed by atoms with van der Waals surface area (Å²) >= 11 is 0. The molecule has 0 aromatic heterocycles. The van der Waals surface area contributed by atoms with Gasteiger partial charge in [-0.3, -0.25) is 4.79 Å². The van der Waals surface area contributed by atoms with Crippen molar-refractivity contribution in [3.05, 3.63) is 0 Å². The quantitative estimate of drug-likeness (QED) is 0.114. The van der Waals surface area contributed by atoms with Crippen molar-refractivity contribution in [1.29, 1.82) is 0 Å². The highest BCUT2D eigenvalue weighted by Gasteiger charge is 2.02. The van der Waals surface area contributed by atoms with Crippen LogP contribution >= 0.6 is 0 Å². The van der Waals surface area contributed by atoms with Crippen LogP contribution in [0.15, 0.2) is 0 Å². The van der Waals surface area contributed by atoms with Gasteiger partial charge in [-0.15, -0.1) is 0 Å². The molecule has 2 nitrogen and oxygen atoms in total. The van der Waals surface area contributed by atoms with Gasteiger partial charge in [0, 0.05) is 6.42 Å². The fourth-order valence-electron chi connectivity index (χ4n) is 4.08. The number of hydrogen-bond acceptors (Lipinski definition) is 2. The Bertz CT molecular complexity index is 338. The van der Waals surface area contributed by atoms with Gasteiger partial charge in [0.1, 0.15) is 0 Å². The van der Waals surface area contributed by atoms with E-state index in [4.69, 9.17) is 4.74 Å². The standard InChI is InChI=1S/C28H56O2/c1-4-5-6-7-8-9-10-11-14-17-20-23-26-30-28(29)25-22-19-16-13-12-15-18-21-24-27(2)3/h27H,4-26H2,1-3H3. The molecule has 0 unspecified atom stereocenters. The molecule has 0 aromatic carbocycles. The third kappa shape index (κ3) is 25.5. The molecule has 0 fully saturated rings. The van der Waals surface area contributed by atoms with Crippen LogP contribution in [0.2, 0.25) is 0 Å². The molecule has 0 bridgehead atoms. The number of hydrogen-bond donors (Lipinski definition) is 0. The first-order valence-corrected chi connectivity index (χ1v) is 13.8. The van der Waals surface area contributed by atoms with Gasteiger partial charge in [0.15, 0.2) is 0 Å². The molecule has 0 aliphatic carbocycles. The lowest BCUT2D eigenvalue weighted by Gasteiger charge is -2.06. The average Bonchev–Trinajstić information content (AvgIpc) is 2.72. The van der Waals surface area contributed by atoms with Gasteiger partial charge in [-0.2, -0.15) is 0 Å². The van der Waals surface area contributed by atoms with Gasteiger partial charge in [-0.05, 0) is 18.8 Å². The van der Waals surface area contributed by atoms with E-state index < -0.39 is 0 Å². The van der Waals surface area contributed by atoms with E-state index in [9.17, 15) is 4.79 Å². The van der Waals surface area contributed by atoms with E-state index in [0.29, 0.717) is 13.0 Å². The predicted molar refractivity (Wildman–Crippen MR) is 133 cm³/mol. The number of carbonyl (C=O) groups excluding carboxylic acids is 1. The summed E-state index contributed by atoms with van der Waals surface area (Å²) in [6.45, 7) is 7.53. The SMILES string of the molecule is CCCCCCCCCCCCCCOC(=O)CCCCCCCCCCC(C)C. The van der Waals surface area contributed by atoms with E-state index in [1.165, 1.54) is 122 Å². The molecule has 0 atom stereocenters. The molecule has 0 spiro atoms. The molecule has 0 radical (unpaired) electrons. The second kappa shape index (κ2) is 24.7. The van der Waals surface area contributed by atoms with E-state index in [-0.39, 0.29) is 5.97 Å². The van der Waals surface area contributed by atoms with E-state index in [0.717, 1.165) is 18.8 Å². The molecule has 0 saturated carbocycles. The lowest BCUT2D eigenvalue weighted by atomic mass is 10.0. The number of ether oxygens (including phenoxy) is 1. The summed E-state index contributed by atoms with van der Waals surface area (Å²) in [4.78, 5) is 11.8. The Morgan fingerprint density at radius 3 is 1.43 bits per heavy atom. The molecular formula is C28H56O2. The van der Waals surface area contributed by atoms with Crippen LogP contribution < -0.4 is 0 Å². The van der Waals surface area contributed by atoms with Crippen LogP contribution in [-0.4, -0.2) is 12.6 Å². The Balaban J connectivity index is 3.15. The number of rotatable bonds is 24. The number of unbranched alkanes of at least 4 members (excludes halogenated alkanes) is 18. The largest absolute Gasteiger partial charge is 0.466 e. The van der Waals surface area contributed by atoms with Gasteiger partial charge in [-0.25, -0.2) is 0 Å². The maximum absolute atomic E-state index is 11.8. The summed E-state index contributed by atoms with van der Waals surface area (Å²) in [5.74, 6) is 0.872. The smallest absolute Gasteiger partial charge is 0.305 e. The first-order chi connectivity index (χ1) is 14.7. The zero-order valence-corrected chi connectivity index (χ0v) is 21.2. The van der Waals surface area contributed by atoms with Gasteiger partial charge >= 0.3 is 5.97 Å². The molecule has 0 saturated heterocycles. The minimum Gasteiger partial charge on any atom is -0.466 e. The topological polar surface area (TPSA) is 26.3 Å². The van der Waals surface area contributed by atoms with Gasteiger partial charge in [-0.1, -0.05) is 143 Å². The molecular weight excluding hydrogens is 368 g/mol. The third-order valence-electron chi connectivity index (χ3n) is 6.17. The average molecular weight is 425 g/mol. The van der Waals surface area contributed by atoms with Crippen molar-refractivity contribution in [2.24, 2.45) is 5.92 Å². The maximum atomic E-state index is 11.8. The van der Waals surface area contributed by atoms with Gasteiger partial charge in [0.25, 0.3) is 0 Å². The van der Waals surface area contributed by atoms with Crippen LogP contribution in [0, 0.1) is 5.92 Å². The Labute approximate surface area is 190 Å². The highest BCUT2D eigenvalue weighted by molar-refractivity contribution is 5.69. The molecule has 0 rings (SSSR count). The minimum absolute atomic E-state index is 0.0201. The van der Waals surface area contributed by atoms with Crippen molar-refractivity contribution in [2.75, 3.05) is 6.61 Å². The van der Waals surface area contributed by atoms with Crippen molar-refractivity contribution in [2.45, 2.75) is 162 Å². The van der Waals surface area contributed by atoms with E-state index >= 15 is 0 Å². The van der Waals surface area contributed by atoms with Crippen LogP contribution in [0.3, 0.4) is 0 Å². The zero-order valence-electron chi connectivity index (χ0n) is 21.2. The molecule has 180 valence electrons. The monoisotopic (exact) mass is 424 g/mol. The summed E-state index contributed by atoms with van der Waals surface area (Å²) in [5, 5.41) is 0. The van der Waals surface area contributed by atoms with E-state index in [1.807, 2.05) is 0 Å². The second-order valence-corrected chi connectivity index (χ2v) is 9.87. The van der Waals surface area contributed by atoms with Crippen molar-refractivity contribution < 1.29 is 9.53 Å². The summed E-state index contributed by atoms with van der Waals surface area (Å²) in [5.41, 5.74) is 0. The molecule has 0 aliphatic heterocycles. The lowest BCUT2D eigenvalue weighted by Crippen LogP contribution is -2.05. The van der Waals surface area contributed by atoms with Crippen molar-refractivity contribution in [3.63, 3.8) is 0 Å². The Morgan fingerprint density at radius 2 is 0.967 bits per heavy atom. The highest BCUT2D eigenvalue weighted by Crippen LogP contribution is 2.14. The molecule has 0 N–H and O–H groups in total. The van der Waals surface area contributed by atoms with Crippen molar-refractivity contribution in [3.8, 4) is 0 Å². The number of carbonyl (C=O) groups is 1. The molecule has 0 heterocycles. The zero-order chi connectivity index (χ0) is 22.1. The molecule has 2 heteroatoms. The molecule has 0 amide bonds. The Kier molecular flexibility index (Phi) is 24.3. The van der Waals surface area contributed by atoms with Crippen LogP contribution in [0.4, 0.5) is 0 Å². The van der Waals surface area contributed by atoms with E-state index in [2.05, 4.69) is 20.8 Å². The normalized spacial score (nSPS) is 11.3. The van der Waals surface area contributed by atoms with Crippen molar-refractivity contribution in [1.82, 2.24) is 0 Å². The van der Waals surface area contributed by atoms with Crippen LogP contribution in [0.1, 0.15) is 162 Å². The van der Waals surface area contributed by atoms with Gasteiger partial charge in [0.05, 0.1) is 6.61 Å². The first kappa shape index (κ1) is 29.5. The minimum atomic E-state index is 0.0201. The van der Waals surface area contributed by atoms with Crippen molar-refractivity contribution >= 4 is 5.97 Å². The van der Waals surface area contributed by atoms with Crippen LogP contribution in [0.25, 0.3) is 0 Å². The molecule has 0 aliphatic rings. The summed E-state index contributed by atoms with van der Waals surface area (Å²) in [6, 6.07) is 0. The van der Waals surface area contributed by atoms with Gasteiger partial charge in [0.2, 0.25) is 0 Å². The van der Waals surface area contributed by atoms with Crippen LogP contribution in [0.5, 0.6) is 0 Å². The highest BCUT2D eigenvalue weighted by atomic mass is 16.5. The summed E-state index contributed by atoms with van der Waals surface area (Å²) in [6.07, 6.45) is 28.4. The maximum Gasteiger partial charge on any atom is 0.305 e. The Morgan fingerprint density at radius 1 is 0.567 bits per heavy atom. The first-order valence-electron chi connectivity index (χ1n) is 13.8. The van der Waals surface area contributed by atoms with Crippen LogP contribution in [-0.2, 0) is 9.53 Å². The second-order valence-electron chi connectivity index (χ2n) is 9.87. The lowest BCUT2D eigenvalue weighted by molar-refractivity contribution is -0.143. The fraction of sp³-hybridized carbons (Fsp3) is 0.964.